The van der Waals surface area contributed by atoms with Gasteiger partial charge >= 0.3 is 0 Å². The lowest BCUT2D eigenvalue weighted by atomic mass is 10.1. The maximum absolute atomic E-state index is 7.02. The molecule has 5 N–H and O–H groups in total. The number of aryl methyl sites for hydroxylation is 2. The van der Waals surface area contributed by atoms with Crippen LogP contribution in [0.25, 0.3) is 0 Å². The minimum Gasteiger partial charge on any atom is -0.370 e. The monoisotopic (exact) mass is 222 g/mol. The summed E-state index contributed by atoms with van der Waals surface area (Å²) in [6, 6.07) is 5.99. The molecule has 0 aromatic heterocycles. The molecule has 0 aliphatic heterocycles. The van der Waals surface area contributed by atoms with Crippen molar-refractivity contribution in [2.24, 2.45) is 5.73 Å². The molecular formula is C10H14N4S. The average Bonchev–Trinajstić information content (AvgIpc) is 2.08. The van der Waals surface area contributed by atoms with Crippen LogP contribution >= 0.6 is 12.2 Å². The number of anilines is 1. The maximum atomic E-state index is 7.02. The Hall–Kier alpha value is -1.62. The Morgan fingerprint density at radius 1 is 1.40 bits per heavy atom. The first kappa shape index (κ1) is 11.5. The Morgan fingerprint density at radius 2 is 2.07 bits per heavy atom. The summed E-state index contributed by atoms with van der Waals surface area (Å²) in [5.74, 6) is -0.169. The summed E-state index contributed by atoms with van der Waals surface area (Å²) < 4.78 is 0. The minimum absolute atomic E-state index is 0.169. The van der Waals surface area contributed by atoms with E-state index >= 15 is 0 Å². The zero-order valence-corrected chi connectivity index (χ0v) is 9.53. The SMILES string of the molecule is Cc1ccc(NC(=S)NC(=N)N)c(C)c1. The molecule has 1 rings (SSSR count). The van der Waals surface area contributed by atoms with Gasteiger partial charge in [0.05, 0.1) is 0 Å². The highest BCUT2D eigenvalue weighted by Gasteiger charge is 2.01. The fraction of sp³-hybridized carbons (Fsp3) is 0.200. The van der Waals surface area contributed by atoms with E-state index in [4.69, 9.17) is 23.4 Å². The zero-order chi connectivity index (χ0) is 11.4. The summed E-state index contributed by atoms with van der Waals surface area (Å²) in [4.78, 5) is 0. The van der Waals surface area contributed by atoms with E-state index in [1.165, 1.54) is 5.56 Å². The summed E-state index contributed by atoms with van der Waals surface area (Å²) >= 11 is 4.96. The Kier molecular flexibility index (Phi) is 3.62. The van der Waals surface area contributed by atoms with Crippen molar-refractivity contribution in [2.75, 3.05) is 5.32 Å². The Morgan fingerprint density at radius 3 is 2.60 bits per heavy atom. The van der Waals surface area contributed by atoms with Gasteiger partial charge in [-0.1, -0.05) is 17.7 Å². The van der Waals surface area contributed by atoms with E-state index in [1.54, 1.807) is 0 Å². The van der Waals surface area contributed by atoms with Crippen LogP contribution in [0.1, 0.15) is 11.1 Å². The van der Waals surface area contributed by atoms with Crippen LogP contribution in [0.5, 0.6) is 0 Å². The topological polar surface area (TPSA) is 73.9 Å². The second-order valence-corrected chi connectivity index (χ2v) is 3.72. The van der Waals surface area contributed by atoms with Gasteiger partial charge in [-0.2, -0.15) is 0 Å². The van der Waals surface area contributed by atoms with Crippen LogP contribution in [0, 0.1) is 19.3 Å². The smallest absolute Gasteiger partial charge is 0.192 e. The Labute approximate surface area is 94.4 Å². The van der Waals surface area contributed by atoms with Crippen molar-refractivity contribution in [2.45, 2.75) is 13.8 Å². The summed E-state index contributed by atoms with van der Waals surface area (Å²) in [6.45, 7) is 4.02. The van der Waals surface area contributed by atoms with Crippen molar-refractivity contribution in [3.8, 4) is 0 Å². The summed E-state index contributed by atoms with van der Waals surface area (Å²) in [6.07, 6.45) is 0. The third kappa shape index (κ3) is 3.55. The van der Waals surface area contributed by atoms with Gasteiger partial charge in [-0.25, -0.2) is 0 Å². The van der Waals surface area contributed by atoms with Crippen LogP contribution in [0.3, 0.4) is 0 Å². The predicted octanol–water partition coefficient (Wildman–Crippen LogP) is 1.48. The summed E-state index contributed by atoms with van der Waals surface area (Å²) in [5, 5.41) is 12.8. The van der Waals surface area contributed by atoms with Crippen molar-refractivity contribution in [1.29, 1.82) is 5.41 Å². The molecule has 0 radical (unpaired) electrons. The van der Waals surface area contributed by atoms with E-state index in [1.807, 2.05) is 26.0 Å². The van der Waals surface area contributed by atoms with Crippen molar-refractivity contribution in [1.82, 2.24) is 5.32 Å². The number of benzene rings is 1. The van der Waals surface area contributed by atoms with Crippen LogP contribution in [-0.2, 0) is 0 Å². The van der Waals surface area contributed by atoms with E-state index in [2.05, 4.69) is 16.7 Å². The molecule has 5 heteroatoms. The fourth-order valence-corrected chi connectivity index (χ4v) is 1.45. The first-order valence-corrected chi connectivity index (χ1v) is 4.89. The number of hydrogen-bond donors (Lipinski definition) is 4. The molecule has 0 unspecified atom stereocenters. The van der Waals surface area contributed by atoms with E-state index in [0.717, 1.165) is 11.3 Å². The average molecular weight is 222 g/mol. The first-order chi connectivity index (χ1) is 6.99. The molecule has 0 aliphatic rings. The number of nitrogens with two attached hydrogens (primary N) is 1. The number of nitrogens with one attached hydrogen (secondary N) is 3. The Balaban J connectivity index is 2.72. The molecule has 80 valence electrons. The lowest BCUT2D eigenvalue weighted by Gasteiger charge is -2.11. The Bertz CT molecular complexity index is 400. The molecule has 0 heterocycles. The molecule has 0 amide bonds. The maximum Gasteiger partial charge on any atom is 0.192 e. The molecule has 15 heavy (non-hydrogen) atoms. The molecule has 0 saturated carbocycles. The molecule has 0 spiro atoms. The van der Waals surface area contributed by atoms with E-state index in [0.29, 0.717) is 5.11 Å². The van der Waals surface area contributed by atoms with Gasteiger partial charge in [-0.15, -0.1) is 0 Å². The van der Waals surface area contributed by atoms with Crippen molar-refractivity contribution >= 4 is 29.0 Å². The summed E-state index contributed by atoms with van der Waals surface area (Å²) in [5.41, 5.74) is 8.37. The predicted molar refractivity (Wildman–Crippen MR) is 67.2 cm³/mol. The van der Waals surface area contributed by atoms with Crippen LogP contribution in [0.2, 0.25) is 0 Å². The molecule has 1 aromatic rings. The summed E-state index contributed by atoms with van der Waals surface area (Å²) in [7, 11) is 0. The van der Waals surface area contributed by atoms with Crippen molar-refractivity contribution in [3.05, 3.63) is 29.3 Å². The third-order valence-corrected chi connectivity index (χ3v) is 2.08. The van der Waals surface area contributed by atoms with Gasteiger partial charge in [-0.3, -0.25) is 5.41 Å². The van der Waals surface area contributed by atoms with Gasteiger partial charge in [-0.05, 0) is 37.7 Å². The molecule has 0 atom stereocenters. The zero-order valence-electron chi connectivity index (χ0n) is 8.72. The van der Waals surface area contributed by atoms with Gasteiger partial charge in [0.2, 0.25) is 0 Å². The third-order valence-electron chi connectivity index (χ3n) is 1.88. The highest BCUT2D eigenvalue weighted by molar-refractivity contribution is 7.80. The molecule has 0 aliphatic carbocycles. The first-order valence-electron chi connectivity index (χ1n) is 4.48. The normalized spacial score (nSPS) is 9.47. The number of guanidine groups is 1. The lowest BCUT2D eigenvalue weighted by Crippen LogP contribution is -2.38. The lowest BCUT2D eigenvalue weighted by molar-refractivity contribution is 1.25. The number of thiocarbonyl (C=S) groups is 1. The molecule has 4 nitrogen and oxygen atoms in total. The minimum atomic E-state index is -0.169. The molecule has 0 bridgehead atoms. The largest absolute Gasteiger partial charge is 0.370 e. The molecule has 0 saturated heterocycles. The second kappa shape index (κ2) is 4.75. The number of rotatable bonds is 1. The van der Waals surface area contributed by atoms with Crippen molar-refractivity contribution < 1.29 is 0 Å². The van der Waals surface area contributed by atoms with Crippen LogP contribution < -0.4 is 16.4 Å². The van der Waals surface area contributed by atoms with Crippen LogP contribution in [0.4, 0.5) is 5.69 Å². The van der Waals surface area contributed by atoms with E-state index in [-0.39, 0.29) is 5.96 Å². The number of hydrogen-bond acceptors (Lipinski definition) is 2. The quantitative estimate of drug-likeness (QED) is 0.330. The molecular weight excluding hydrogens is 208 g/mol. The van der Waals surface area contributed by atoms with Crippen LogP contribution in [-0.4, -0.2) is 11.1 Å². The molecule has 0 fully saturated rings. The van der Waals surface area contributed by atoms with Gasteiger partial charge in [0.25, 0.3) is 0 Å². The van der Waals surface area contributed by atoms with E-state index < -0.39 is 0 Å². The second-order valence-electron chi connectivity index (χ2n) is 3.31. The standard InChI is InChI=1S/C10H14N4S/c1-6-3-4-8(7(2)5-6)13-10(15)14-9(11)12/h3-5H,1-2H3,(H5,11,12,13,14,15). The fourth-order valence-electron chi connectivity index (χ4n) is 1.23. The highest BCUT2D eigenvalue weighted by atomic mass is 32.1. The highest BCUT2D eigenvalue weighted by Crippen LogP contribution is 2.15. The molecule has 1 aromatic carbocycles. The van der Waals surface area contributed by atoms with Crippen molar-refractivity contribution in [3.63, 3.8) is 0 Å². The van der Waals surface area contributed by atoms with Crippen LogP contribution in [0.15, 0.2) is 18.2 Å². The van der Waals surface area contributed by atoms with Gasteiger partial charge in [0.1, 0.15) is 0 Å². The van der Waals surface area contributed by atoms with Gasteiger partial charge < -0.3 is 16.4 Å². The van der Waals surface area contributed by atoms with Gasteiger partial charge in [0.15, 0.2) is 11.1 Å². The van der Waals surface area contributed by atoms with E-state index in [9.17, 15) is 0 Å². The van der Waals surface area contributed by atoms with Gasteiger partial charge in [0, 0.05) is 5.69 Å².